The molecule has 0 spiro atoms. The minimum absolute atomic E-state index is 0.500. The first-order valence-corrected chi connectivity index (χ1v) is 16.0. The molecular formula is C43H56. The lowest BCUT2D eigenvalue weighted by atomic mass is 9.93. The zero-order valence-corrected chi connectivity index (χ0v) is 29.3. The molecule has 0 bridgehead atoms. The van der Waals surface area contributed by atoms with Gasteiger partial charge in [0.15, 0.2) is 0 Å². The van der Waals surface area contributed by atoms with Gasteiger partial charge in [-0.15, -0.1) is 0 Å². The van der Waals surface area contributed by atoms with Gasteiger partial charge in [0, 0.05) is 0 Å². The van der Waals surface area contributed by atoms with Crippen molar-refractivity contribution in [2.45, 2.75) is 90.0 Å². The monoisotopic (exact) mass is 572 g/mol. The van der Waals surface area contributed by atoms with Crippen molar-refractivity contribution in [3.05, 3.63) is 119 Å². The fourth-order valence-corrected chi connectivity index (χ4v) is 5.13. The predicted octanol–water partition coefficient (Wildman–Crippen LogP) is 14.0. The Hall–Kier alpha value is -3.64. The first kappa shape index (κ1) is 35.6. The molecule has 0 saturated carbocycles. The first-order chi connectivity index (χ1) is 20.3. The Balaban J connectivity index is 0.000000226. The van der Waals surface area contributed by atoms with Gasteiger partial charge in [0.05, 0.1) is 0 Å². The van der Waals surface area contributed by atoms with Gasteiger partial charge < -0.3 is 0 Å². The third-order valence-electron chi connectivity index (χ3n) is 6.94. The number of aryl methyl sites for hydroxylation is 4. The lowest BCUT2D eigenvalue weighted by Crippen LogP contribution is -1.93. The maximum absolute atomic E-state index is 2.21. The second kappa shape index (κ2) is 16.3. The van der Waals surface area contributed by atoms with E-state index < -0.39 is 0 Å². The highest BCUT2D eigenvalue weighted by Crippen LogP contribution is 2.32. The fourth-order valence-electron chi connectivity index (χ4n) is 5.13. The van der Waals surface area contributed by atoms with E-state index in [0.717, 1.165) is 5.92 Å². The molecule has 0 unspecified atom stereocenters. The highest BCUT2D eigenvalue weighted by Gasteiger charge is 2.08. The zero-order chi connectivity index (χ0) is 32.3. The van der Waals surface area contributed by atoms with E-state index in [-0.39, 0.29) is 0 Å². The summed E-state index contributed by atoms with van der Waals surface area (Å²) in [5, 5.41) is 11.0. The Bertz CT molecular complexity index is 1380. The molecule has 0 fully saturated rings. The van der Waals surface area contributed by atoms with Gasteiger partial charge in [-0.05, 0) is 104 Å². The Labute approximate surface area is 263 Å². The van der Waals surface area contributed by atoms with Crippen molar-refractivity contribution in [2.75, 3.05) is 0 Å². The van der Waals surface area contributed by atoms with E-state index in [9.17, 15) is 0 Å². The maximum atomic E-state index is 2.21. The van der Waals surface area contributed by atoms with Crippen LogP contribution in [-0.2, 0) is 0 Å². The molecule has 0 aliphatic heterocycles. The number of hydrogen-bond donors (Lipinski definition) is 0. The smallest absolute Gasteiger partial charge is 0.0146 e. The second-order valence-electron chi connectivity index (χ2n) is 13.4. The lowest BCUT2D eigenvalue weighted by Gasteiger charge is -2.11. The first-order valence-electron chi connectivity index (χ1n) is 16.0. The molecule has 0 aliphatic carbocycles. The van der Waals surface area contributed by atoms with Crippen LogP contribution in [0.2, 0.25) is 0 Å². The Morgan fingerprint density at radius 3 is 0.535 bits per heavy atom. The molecule has 228 valence electrons. The van der Waals surface area contributed by atoms with Crippen LogP contribution in [0.1, 0.15) is 84.6 Å². The molecule has 0 atom stereocenters. The van der Waals surface area contributed by atoms with Gasteiger partial charge in [-0.3, -0.25) is 0 Å². The van der Waals surface area contributed by atoms with Crippen molar-refractivity contribution in [3.8, 4) is 0 Å². The van der Waals surface area contributed by atoms with Crippen LogP contribution >= 0.6 is 0 Å². The molecule has 0 heterocycles. The number of fused-ring (bicyclic) bond motifs is 4. The van der Waals surface area contributed by atoms with E-state index in [1.54, 1.807) is 0 Å². The Morgan fingerprint density at radius 1 is 0.349 bits per heavy atom. The summed E-state index contributed by atoms with van der Waals surface area (Å²) in [7, 11) is 0. The summed E-state index contributed by atoms with van der Waals surface area (Å²) in [6.07, 6.45) is 0. The maximum Gasteiger partial charge on any atom is -0.0146 e. The fraction of sp³-hybridized carbons (Fsp3) is 0.349. The molecule has 0 amide bonds. The molecule has 0 nitrogen and oxygen atoms in total. The normalized spacial score (nSPS) is 10.7. The molecule has 6 aromatic carbocycles. The molecule has 43 heavy (non-hydrogen) atoms. The van der Waals surface area contributed by atoms with E-state index in [1.165, 1.54) is 65.3 Å². The average molecular weight is 573 g/mol. The van der Waals surface area contributed by atoms with Crippen molar-refractivity contribution in [3.63, 3.8) is 0 Å². The third-order valence-corrected chi connectivity index (χ3v) is 6.94. The van der Waals surface area contributed by atoms with Crippen molar-refractivity contribution >= 4 is 43.1 Å². The van der Waals surface area contributed by atoms with Gasteiger partial charge in [-0.25, -0.2) is 0 Å². The predicted molar refractivity (Wildman–Crippen MR) is 199 cm³/mol. The summed E-state index contributed by atoms with van der Waals surface area (Å²) < 4.78 is 0. The van der Waals surface area contributed by atoms with E-state index in [1.807, 2.05) is 13.8 Å². The second-order valence-corrected chi connectivity index (χ2v) is 13.4. The molecule has 0 aliphatic rings. The summed E-state index contributed by atoms with van der Waals surface area (Å²) >= 11 is 0. The molecular weight excluding hydrogens is 516 g/mol. The highest BCUT2D eigenvalue weighted by atomic mass is 14.1. The van der Waals surface area contributed by atoms with Gasteiger partial charge in [-0.1, -0.05) is 159 Å². The topological polar surface area (TPSA) is 0 Å². The van der Waals surface area contributed by atoms with Crippen LogP contribution in [0.25, 0.3) is 43.1 Å². The standard InChI is InChI=1S/2C16H14.C5H12.C4H10.C2H6/c2*1-11-13-7-3-5-9-15(13)12(2)16-10-6-4-8-14(11)16;1-5(2,3)4;1-4(2)3;1-2/h2*3-10H,1-2H3;1-4H3;4H,1-3H3;1-2H3. The quantitative estimate of drug-likeness (QED) is 0.159. The van der Waals surface area contributed by atoms with Crippen LogP contribution in [0, 0.1) is 39.0 Å². The highest BCUT2D eigenvalue weighted by molar-refractivity contribution is 6.06. The average Bonchev–Trinajstić information content (AvgIpc) is 2.99. The van der Waals surface area contributed by atoms with Gasteiger partial charge in [0.2, 0.25) is 0 Å². The van der Waals surface area contributed by atoms with Gasteiger partial charge in [0.1, 0.15) is 0 Å². The molecule has 6 aromatic rings. The van der Waals surface area contributed by atoms with Crippen LogP contribution in [0.15, 0.2) is 97.1 Å². The zero-order valence-electron chi connectivity index (χ0n) is 29.3. The largest absolute Gasteiger partial charge is 0.0683 e. The van der Waals surface area contributed by atoms with Crippen LogP contribution in [-0.4, -0.2) is 0 Å². The van der Waals surface area contributed by atoms with E-state index in [2.05, 4.69) is 173 Å². The summed E-state index contributed by atoms with van der Waals surface area (Å²) in [5.74, 6) is 0.833. The van der Waals surface area contributed by atoms with Crippen LogP contribution in [0.4, 0.5) is 0 Å². The molecule has 6 rings (SSSR count). The van der Waals surface area contributed by atoms with Crippen LogP contribution in [0.5, 0.6) is 0 Å². The summed E-state index contributed by atoms with van der Waals surface area (Å²) in [4.78, 5) is 0. The minimum Gasteiger partial charge on any atom is -0.0683 e. The summed E-state index contributed by atoms with van der Waals surface area (Å²) in [6.45, 7) is 28.1. The van der Waals surface area contributed by atoms with E-state index in [4.69, 9.17) is 0 Å². The van der Waals surface area contributed by atoms with Crippen molar-refractivity contribution in [1.82, 2.24) is 0 Å². The molecule has 0 N–H and O–H groups in total. The van der Waals surface area contributed by atoms with Gasteiger partial charge in [-0.2, -0.15) is 0 Å². The third kappa shape index (κ3) is 9.69. The summed E-state index contributed by atoms with van der Waals surface area (Å²) in [5.41, 5.74) is 6.04. The van der Waals surface area contributed by atoms with Crippen molar-refractivity contribution < 1.29 is 0 Å². The van der Waals surface area contributed by atoms with Crippen LogP contribution < -0.4 is 0 Å². The number of benzene rings is 6. The number of hydrogen-bond acceptors (Lipinski definition) is 0. The SMILES string of the molecule is CC.CC(C)(C)C.CC(C)C.Cc1c2ccccc2c(C)c2ccccc12.Cc1c2ccccc2c(C)c2ccccc12. The molecule has 0 saturated heterocycles. The van der Waals surface area contributed by atoms with Crippen molar-refractivity contribution in [2.24, 2.45) is 11.3 Å². The summed E-state index contributed by atoms with van der Waals surface area (Å²) in [6, 6.07) is 34.6. The minimum atomic E-state index is 0.500. The Kier molecular flexibility index (Phi) is 13.5. The van der Waals surface area contributed by atoms with E-state index >= 15 is 0 Å². The van der Waals surface area contributed by atoms with Gasteiger partial charge in [0.25, 0.3) is 0 Å². The van der Waals surface area contributed by atoms with Crippen molar-refractivity contribution in [1.29, 1.82) is 0 Å². The number of rotatable bonds is 0. The molecule has 0 radical (unpaired) electrons. The molecule has 0 aromatic heterocycles. The lowest BCUT2D eigenvalue weighted by molar-refractivity contribution is 0.469. The Morgan fingerprint density at radius 2 is 0.442 bits per heavy atom. The van der Waals surface area contributed by atoms with Gasteiger partial charge >= 0.3 is 0 Å². The van der Waals surface area contributed by atoms with E-state index in [0.29, 0.717) is 5.41 Å². The molecule has 0 heteroatoms. The van der Waals surface area contributed by atoms with Crippen LogP contribution in [0.3, 0.4) is 0 Å².